The molecule has 2 unspecified atom stereocenters. The summed E-state index contributed by atoms with van der Waals surface area (Å²) >= 11 is 0. The largest absolute Gasteiger partial charge is 0.299 e. The van der Waals surface area contributed by atoms with Crippen LogP contribution in [0.4, 0.5) is 0 Å². The van der Waals surface area contributed by atoms with Gasteiger partial charge in [0.15, 0.2) is 0 Å². The Bertz CT molecular complexity index is 270. The van der Waals surface area contributed by atoms with Crippen molar-refractivity contribution in [2.75, 3.05) is 0 Å². The third-order valence-corrected chi connectivity index (χ3v) is 3.41. The van der Waals surface area contributed by atoms with Crippen LogP contribution in [0, 0.1) is 22.7 Å². The average Bonchev–Trinajstić information content (AvgIpc) is 2.20. The van der Waals surface area contributed by atoms with E-state index in [0.29, 0.717) is 0 Å². The Morgan fingerprint density at radius 2 is 0.947 bits per heavy atom. The first-order valence-corrected chi connectivity index (χ1v) is 6.96. The zero-order valence-corrected chi connectivity index (χ0v) is 13.4. The predicted molar refractivity (Wildman–Crippen MR) is 83.2 cm³/mol. The van der Waals surface area contributed by atoms with E-state index in [2.05, 4.69) is 0 Å². The van der Waals surface area contributed by atoms with Crippen molar-refractivity contribution in [1.82, 2.24) is 0 Å². The van der Waals surface area contributed by atoms with Crippen molar-refractivity contribution >= 4 is 11.6 Å². The van der Waals surface area contributed by atoms with Gasteiger partial charge < -0.3 is 0 Å². The van der Waals surface area contributed by atoms with Crippen molar-refractivity contribution < 1.29 is 9.59 Å². The monoisotopic (exact) mass is 270 g/mol. The molecule has 0 saturated heterocycles. The van der Waals surface area contributed by atoms with Gasteiger partial charge in [-0.25, -0.2) is 0 Å². The molecule has 0 heterocycles. The lowest BCUT2D eigenvalue weighted by Gasteiger charge is -2.25. The summed E-state index contributed by atoms with van der Waals surface area (Å²) in [7, 11) is 0. The summed E-state index contributed by atoms with van der Waals surface area (Å²) in [6.45, 7) is 15.7. The van der Waals surface area contributed by atoms with Gasteiger partial charge in [0.1, 0.15) is 11.6 Å². The second-order valence-electron chi connectivity index (χ2n) is 7.61. The van der Waals surface area contributed by atoms with Gasteiger partial charge in [0.2, 0.25) is 0 Å². The van der Waals surface area contributed by atoms with E-state index in [0.717, 1.165) is 12.8 Å². The minimum Gasteiger partial charge on any atom is -0.299 e. The first-order chi connectivity index (χ1) is 7.87. The summed E-state index contributed by atoms with van der Waals surface area (Å²) in [5.74, 6) is 0.663. The fourth-order valence-corrected chi connectivity index (χ4v) is 2.24. The molecule has 0 N–H and O–H groups in total. The third-order valence-electron chi connectivity index (χ3n) is 3.41. The van der Waals surface area contributed by atoms with Gasteiger partial charge in [-0.2, -0.15) is 0 Å². The topological polar surface area (TPSA) is 34.1 Å². The van der Waals surface area contributed by atoms with Crippen molar-refractivity contribution in [3.05, 3.63) is 0 Å². The quantitative estimate of drug-likeness (QED) is 0.711. The summed E-state index contributed by atoms with van der Waals surface area (Å²) in [6.07, 6.45) is 1.61. The first-order valence-electron chi connectivity index (χ1n) is 6.96. The highest BCUT2D eigenvalue weighted by atomic mass is 16.1. The lowest BCUT2D eigenvalue weighted by Crippen LogP contribution is -2.29. The maximum absolute atomic E-state index is 12.1. The average molecular weight is 270 g/mol. The number of ketones is 2. The van der Waals surface area contributed by atoms with Crippen LogP contribution < -0.4 is 0 Å². The minimum absolute atomic E-state index is 0. The SMILES string of the molecule is C.CC(CCC(C)C(=O)C(C)(C)C)C(=O)C(C)(C)C. The van der Waals surface area contributed by atoms with E-state index in [4.69, 9.17) is 0 Å². The van der Waals surface area contributed by atoms with Crippen LogP contribution in [0.15, 0.2) is 0 Å². The molecule has 0 aromatic carbocycles. The normalized spacial score (nSPS) is 15.4. The minimum atomic E-state index is -0.281. The van der Waals surface area contributed by atoms with Crippen LogP contribution >= 0.6 is 0 Å². The van der Waals surface area contributed by atoms with Crippen molar-refractivity contribution in [3.8, 4) is 0 Å². The molecule has 0 rings (SSSR count). The van der Waals surface area contributed by atoms with Crippen LogP contribution in [0.3, 0.4) is 0 Å². The molecule has 0 fully saturated rings. The second-order valence-corrected chi connectivity index (χ2v) is 7.61. The first kappa shape index (κ1) is 20.7. The molecule has 0 aromatic rings. The van der Waals surface area contributed by atoms with E-state index in [9.17, 15) is 9.59 Å². The van der Waals surface area contributed by atoms with Gasteiger partial charge in [0.05, 0.1) is 0 Å². The lowest BCUT2D eigenvalue weighted by atomic mass is 9.78. The Hall–Kier alpha value is -0.660. The van der Waals surface area contributed by atoms with Gasteiger partial charge in [0, 0.05) is 22.7 Å². The van der Waals surface area contributed by atoms with Crippen LogP contribution in [0.1, 0.15) is 75.7 Å². The Balaban J connectivity index is 0. The van der Waals surface area contributed by atoms with Crippen LogP contribution in [0.2, 0.25) is 0 Å². The van der Waals surface area contributed by atoms with Gasteiger partial charge >= 0.3 is 0 Å². The molecule has 0 spiro atoms. The van der Waals surface area contributed by atoms with Crippen molar-refractivity contribution in [1.29, 1.82) is 0 Å². The van der Waals surface area contributed by atoms with Gasteiger partial charge in [-0.1, -0.05) is 62.8 Å². The smallest absolute Gasteiger partial charge is 0.140 e. The molecule has 0 aromatic heterocycles. The van der Waals surface area contributed by atoms with E-state index in [1.54, 1.807) is 0 Å². The molecular formula is C17H34O2. The third kappa shape index (κ3) is 6.89. The van der Waals surface area contributed by atoms with Gasteiger partial charge in [0.25, 0.3) is 0 Å². The molecular weight excluding hydrogens is 236 g/mol. The van der Waals surface area contributed by atoms with Gasteiger partial charge in [-0.3, -0.25) is 9.59 Å². The molecule has 0 aliphatic heterocycles. The molecule has 0 radical (unpaired) electrons. The fraction of sp³-hybridized carbons (Fsp3) is 0.882. The highest BCUT2D eigenvalue weighted by Crippen LogP contribution is 2.27. The predicted octanol–water partition coefficient (Wildman–Crippen LogP) is 4.91. The number of hydrogen-bond acceptors (Lipinski definition) is 2. The number of rotatable bonds is 5. The zero-order valence-electron chi connectivity index (χ0n) is 13.4. The van der Waals surface area contributed by atoms with E-state index in [-0.39, 0.29) is 41.7 Å². The number of carbonyl (C=O) groups excluding carboxylic acids is 2. The molecule has 0 saturated carbocycles. The van der Waals surface area contributed by atoms with Crippen molar-refractivity contribution in [2.24, 2.45) is 22.7 Å². The van der Waals surface area contributed by atoms with Crippen LogP contribution in [-0.2, 0) is 9.59 Å². The van der Waals surface area contributed by atoms with Crippen molar-refractivity contribution in [3.63, 3.8) is 0 Å². The Labute approximate surface area is 120 Å². The summed E-state index contributed by atoms with van der Waals surface area (Å²) < 4.78 is 0. The number of Topliss-reactive ketones (excluding diaryl/α,β-unsaturated/α-hetero) is 2. The maximum atomic E-state index is 12.1. The Kier molecular flexibility index (Phi) is 7.84. The van der Waals surface area contributed by atoms with Crippen LogP contribution in [-0.4, -0.2) is 11.6 Å². The molecule has 0 aliphatic carbocycles. The number of hydrogen-bond donors (Lipinski definition) is 0. The molecule has 0 amide bonds. The summed E-state index contributed by atoms with van der Waals surface area (Å²) in [4.78, 5) is 24.1. The van der Waals surface area contributed by atoms with Crippen LogP contribution in [0.5, 0.6) is 0 Å². The standard InChI is InChI=1S/C16H30O2.CH4/c1-11(13(17)15(3,4)5)9-10-12(2)14(18)16(6,7)8;/h11-12H,9-10H2,1-8H3;1H4. The molecule has 114 valence electrons. The summed E-state index contributed by atoms with van der Waals surface area (Å²) in [6, 6.07) is 0. The highest BCUT2D eigenvalue weighted by Gasteiger charge is 2.29. The summed E-state index contributed by atoms with van der Waals surface area (Å²) in [5, 5.41) is 0. The van der Waals surface area contributed by atoms with E-state index in [1.165, 1.54) is 0 Å². The van der Waals surface area contributed by atoms with E-state index >= 15 is 0 Å². The van der Waals surface area contributed by atoms with Crippen LogP contribution in [0.25, 0.3) is 0 Å². The van der Waals surface area contributed by atoms with Gasteiger partial charge in [-0.05, 0) is 12.8 Å². The molecule has 0 aliphatic rings. The van der Waals surface area contributed by atoms with Gasteiger partial charge in [-0.15, -0.1) is 0 Å². The fourth-order valence-electron chi connectivity index (χ4n) is 2.24. The second kappa shape index (κ2) is 7.21. The van der Waals surface area contributed by atoms with E-state index in [1.807, 2.05) is 55.4 Å². The lowest BCUT2D eigenvalue weighted by molar-refractivity contribution is -0.132. The van der Waals surface area contributed by atoms with Crippen molar-refractivity contribution in [2.45, 2.75) is 75.7 Å². The number of carbonyl (C=O) groups is 2. The highest BCUT2D eigenvalue weighted by molar-refractivity contribution is 5.86. The molecule has 2 heteroatoms. The Morgan fingerprint density at radius 3 is 1.11 bits per heavy atom. The molecule has 19 heavy (non-hydrogen) atoms. The molecule has 2 atom stereocenters. The van der Waals surface area contributed by atoms with E-state index < -0.39 is 0 Å². The summed E-state index contributed by atoms with van der Waals surface area (Å²) in [5.41, 5.74) is -0.562. The Morgan fingerprint density at radius 1 is 0.737 bits per heavy atom. The molecule has 0 bridgehead atoms. The zero-order chi connectivity index (χ0) is 14.7. The molecule has 2 nitrogen and oxygen atoms in total. The maximum Gasteiger partial charge on any atom is 0.140 e.